The maximum absolute atomic E-state index is 12.3. The molecule has 37 heavy (non-hydrogen) atoms. The van der Waals surface area contributed by atoms with Crippen molar-refractivity contribution in [3.63, 3.8) is 0 Å². The third kappa shape index (κ3) is 23.0. The minimum Gasteiger partial charge on any atom is -0.379 e. The second-order valence-corrected chi connectivity index (χ2v) is 12.2. The molecule has 0 aromatic heterocycles. The first-order valence-corrected chi connectivity index (χ1v) is 16.2. The molecule has 0 heterocycles. The van der Waals surface area contributed by atoms with Crippen LogP contribution in [0, 0.1) is 5.92 Å². The van der Waals surface area contributed by atoms with Gasteiger partial charge in [0.2, 0.25) is 0 Å². The molecule has 0 aliphatic carbocycles. The van der Waals surface area contributed by atoms with Gasteiger partial charge in [0, 0.05) is 43.6 Å². The zero-order valence-corrected chi connectivity index (χ0v) is 25.3. The van der Waals surface area contributed by atoms with E-state index in [-0.39, 0.29) is 5.78 Å². The number of carbonyl (C=O) groups is 1. The molecule has 0 saturated heterocycles. The van der Waals surface area contributed by atoms with E-state index < -0.39 is 0 Å². The Balaban J connectivity index is 1.93. The van der Waals surface area contributed by atoms with Gasteiger partial charge in [-0.1, -0.05) is 61.4 Å². The molecule has 1 rings (SSSR count). The summed E-state index contributed by atoms with van der Waals surface area (Å²) in [4.78, 5) is 13.4. The van der Waals surface area contributed by atoms with Crippen LogP contribution in [0.1, 0.15) is 71.8 Å². The van der Waals surface area contributed by atoms with Crippen LogP contribution < -0.4 is 5.32 Å². The van der Waals surface area contributed by atoms with Gasteiger partial charge in [-0.2, -0.15) is 0 Å². The van der Waals surface area contributed by atoms with Crippen molar-refractivity contribution in [3.05, 3.63) is 29.8 Å². The summed E-state index contributed by atoms with van der Waals surface area (Å²) in [5.74, 6) is 1.67. The molecule has 0 spiro atoms. The Labute approximate surface area is 234 Å². The van der Waals surface area contributed by atoms with Crippen LogP contribution in [0.15, 0.2) is 29.2 Å². The Kier molecular flexibility index (Phi) is 22.7. The molecule has 0 saturated carbocycles. The molecule has 0 unspecified atom stereocenters. The predicted octanol–water partition coefficient (Wildman–Crippen LogP) is 6.56. The molecule has 0 amide bonds. The third-order valence-electron chi connectivity index (χ3n) is 5.44. The van der Waals surface area contributed by atoms with Crippen LogP contribution in [0.25, 0.3) is 0 Å². The van der Waals surface area contributed by atoms with Gasteiger partial charge in [0.1, 0.15) is 11.7 Å². The SMILES string of the molecule is CC(C)CCCOCCOCCOCCCC(=O)Cc1ccc(SSCOCCCCNC(C)C)cc1. The predicted molar refractivity (Wildman–Crippen MR) is 158 cm³/mol. The normalized spacial score (nSPS) is 11.6. The Bertz CT molecular complexity index is 658. The molecule has 6 nitrogen and oxygen atoms in total. The van der Waals surface area contributed by atoms with Crippen LogP contribution >= 0.6 is 21.6 Å². The van der Waals surface area contributed by atoms with Crippen LogP contribution in [0.2, 0.25) is 0 Å². The number of rotatable bonds is 26. The first-order chi connectivity index (χ1) is 18.0. The van der Waals surface area contributed by atoms with Gasteiger partial charge in [0.05, 0.1) is 26.4 Å². The molecule has 1 N–H and O–H groups in total. The van der Waals surface area contributed by atoms with Gasteiger partial charge in [0.15, 0.2) is 0 Å². The first kappa shape index (κ1) is 34.4. The van der Waals surface area contributed by atoms with Crippen molar-refractivity contribution in [2.24, 2.45) is 5.92 Å². The number of hydrogen-bond acceptors (Lipinski definition) is 8. The van der Waals surface area contributed by atoms with Gasteiger partial charge >= 0.3 is 0 Å². The molecular formula is C29H51NO5S2. The monoisotopic (exact) mass is 557 g/mol. The highest BCUT2D eigenvalue weighted by atomic mass is 33.1. The zero-order chi connectivity index (χ0) is 27.0. The van der Waals surface area contributed by atoms with E-state index >= 15 is 0 Å². The van der Waals surface area contributed by atoms with Crippen LogP contribution in [-0.4, -0.2) is 70.6 Å². The van der Waals surface area contributed by atoms with E-state index in [1.54, 1.807) is 21.6 Å². The number of benzene rings is 1. The summed E-state index contributed by atoms with van der Waals surface area (Å²) in [5.41, 5.74) is 1.06. The average molecular weight is 558 g/mol. The number of ketones is 1. The molecular weight excluding hydrogens is 506 g/mol. The zero-order valence-electron chi connectivity index (χ0n) is 23.6. The fourth-order valence-corrected chi connectivity index (χ4v) is 5.10. The van der Waals surface area contributed by atoms with Gasteiger partial charge in [-0.25, -0.2) is 0 Å². The molecule has 0 fully saturated rings. The van der Waals surface area contributed by atoms with Gasteiger partial charge in [-0.3, -0.25) is 4.79 Å². The summed E-state index contributed by atoms with van der Waals surface area (Å²) in [7, 11) is 3.42. The van der Waals surface area contributed by atoms with Gasteiger partial charge < -0.3 is 24.3 Å². The number of carbonyl (C=O) groups excluding carboxylic acids is 1. The molecule has 1 aromatic carbocycles. The number of nitrogens with one attached hydrogen (secondary N) is 1. The minimum atomic E-state index is 0.251. The quantitative estimate of drug-likeness (QED) is 0.0781. The van der Waals surface area contributed by atoms with E-state index in [4.69, 9.17) is 18.9 Å². The van der Waals surface area contributed by atoms with Gasteiger partial charge in [0.25, 0.3) is 0 Å². The molecule has 0 aliphatic rings. The summed E-state index contributed by atoms with van der Waals surface area (Å²) in [6.45, 7) is 14.4. The maximum atomic E-state index is 12.3. The lowest BCUT2D eigenvalue weighted by Gasteiger charge is -2.08. The van der Waals surface area contributed by atoms with Crippen molar-refractivity contribution in [3.8, 4) is 0 Å². The van der Waals surface area contributed by atoms with E-state index in [9.17, 15) is 4.79 Å². The lowest BCUT2D eigenvalue weighted by molar-refractivity contribution is -0.118. The number of unbranched alkanes of at least 4 members (excludes halogenated alkanes) is 1. The summed E-state index contributed by atoms with van der Waals surface area (Å²) >= 11 is 0. The maximum Gasteiger partial charge on any atom is 0.137 e. The topological polar surface area (TPSA) is 66.0 Å². The van der Waals surface area contributed by atoms with Crippen molar-refractivity contribution in [2.75, 3.05) is 58.7 Å². The lowest BCUT2D eigenvalue weighted by Crippen LogP contribution is -2.23. The molecule has 0 atom stereocenters. The standard InChI is InChI=1S/C29H51NO5S2/c1-25(2)9-7-17-32-19-21-34-22-20-33-18-8-10-28(31)23-27-11-13-29(14-12-27)37-36-24-35-16-6-5-15-30-26(3)4/h11-14,25-26,30H,5-10,15-24H2,1-4H3. The van der Waals surface area contributed by atoms with Crippen LogP contribution in [0.4, 0.5) is 0 Å². The van der Waals surface area contributed by atoms with Crippen molar-refractivity contribution >= 4 is 27.4 Å². The Morgan fingerprint density at radius 2 is 1.41 bits per heavy atom. The van der Waals surface area contributed by atoms with E-state index in [0.29, 0.717) is 57.9 Å². The minimum absolute atomic E-state index is 0.251. The van der Waals surface area contributed by atoms with E-state index in [1.807, 2.05) is 12.1 Å². The Morgan fingerprint density at radius 1 is 0.784 bits per heavy atom. The summed E-state index contributed by atoms with van der Waals surface area (Å²) < 4.78 is 22.3. The molecule has 0 radical (unpaired) electrons. The van der Waals surface area contributed by atoms with Crippen LogP contribution in [0.5, 0.6) is 0 Å². The van der Waals surface area contributed by atoms with Crippen LogP contribution in [-0.2, 0) is 30.2 Å². The smallest absolute Gasteiger partial charge is 0.137 e. The van der Waals surface area contributed by atoms with E-state index in [1.165, 1.54) is 11.3 Å². The Hall–Kier alpha value is -0.610. The van der Waals surface area contributed by atoms with Crippen molar-refractivity contribution < 1.29 is 23.7 Å². The molecule has 0 aliphatic heterocycles. The van der Waals surface area contributed by atoms with Gasteiger partial charge in [-0.05, 0) is 62.3 Å². The van der Waals surface area contributed by atoms with Gasteiger partial charge in [-0.15, -0.1) is 0 Å². The van der Waals surface area contributed by atoms with Crippen molar-refractivity contribution in [1.82, 2.24) is 5.32 Å². The molecule has 0 bridgehead atoms. The van der Waals surface area contributed by atoms with Crippen LogP contribution in [0.3, 0.4) is 0 Å². The molecule has 214 valence electrons. The van der Waals surface area contributed by atoms with E-state index in [0.717, 1.165) is 56.9 Å². The lowest BCUT2D eigenvalue weighted by atomic mass is 10.1. The average Bonchev–Trinajstić information content (AvgIpc) is 2.86. The summed E-state index contributed by atoms with van der Waals surface area (Å²) in [6, 6.07) is 8.81. The highest BCUT2D eigenvalue weighted by molar-refractivity contribution is 8.76. The summed E-state index contributed by atoms with van der Waals surface area (Å²) in [5, 5.41) is 3.42. The van der Waals surface area contributed by atoms with Crippen molar-refractivity contribution in [2.45, 2.75) is 83.6 Å². The van der Waals surface area contributed by atoms with E-state index in [2.05, 4.69) is 45.1 Å². The molecule has 1 aromatic rings. The number of Topliss-reactive ketones (excluding diaryl/α,β-unsaturated/α-hetero) is 1. The third-order valence-corrected chi connectivity index (χ3v) is 7.50. The first-order valence-electron chi connectivity index (χ1n) is 13.9. The Morgan fingerprint density at radius 3 is 2.05 bits per heavy atom. The fourth-order valence-electron chi connectivity index (χ4n) is 3.39. The largest absolute Gasteiger partial charge is 0.379 e. The highest BCUT2D eigenvalue weighted by Gasteiger charge is 2.05. The number of hydrogen-bond donors (Lipinski definition) is 1. The molecule has 8 heteroatoms. The fraction of sp³-hybridized carbons (Fsp3) is 0.759. The summed E-state index contributed by atoms with van der Waals surface area (Å²) in [6.07, 6.45) is 6.31. The second-order valence-electron chi connectivity index (χ2n) is 9.88. The highest BCUT2D eigenvalue weighted by Crippen LogP contribution is 2.31. The van der Waals surface area contributed by atoms with Crippen molar-refractivity contribution in [1.29, 1.82) is 0 Å². The second kappa shape index (κ2) is 24.4. The number of ether oxygens (including phenoxy) is 4.